The van der Waals surface area contributed by atoms with Gasteiger partial charge in [-0.2, -0.15) is 4.98 Å². The van der Waals surface area contributed by atoms with Gasteiger partial charge < -0.3 is 14.4 Å². The Bertz CT molecular complexity index is 1200. The number of benzene rings is 1. The van der Waals surface area contributed by atoms with Crippen LogP contribution in [-0.2, 0) is 17.9 Å². The molecule has 9 nitrogen and oxygen atoms in total. The summed E-state index contributed by atoms with van der Waals surface area (Å²) in [4.78, 5) is 46.0. The van der Waals surface area contributed by atoms with Crippen LogP contribution in [0.4, 0.5) is 0 Å². The van der Waals surface area contributed by atoms with Crippen molar-refractivity contribution in [3.05, 3.63) is 44.1 Å². The molecule has 3 rings (SSSR count). The minimum absolute atomic E-state index is 0.148. The second-order valence-electron chi connectivity index (χ2n) is 8.71. The maximum Gasteiger partial charge on any atom is 0.352 e. The van der Waals surface area contributed by atoms with Crippen LogP contribution < -0.4 is 16.6 Å². The van der Waals surface area contributed by atoms with Crippen LogP contribution in [0.2, 0.25) is 0 Å². The molecule has 1 aromatic carbocycles. The summed E-state index contributed by atoms with van der Waals surface area (Å²) >= 11 is 0. The van der Waals surface area contributed by atoms with E-state index in [2.05, 4.69) is 15.3 Å². The van der Waals surface area contributed by atoms with Gasteiger partial charge in [0.1, 0.15) is 0 Å². The van der Waals surface area contributed by atoms with E-state index in [1.54, 1.807) is 4.57 Å². The van der Waals surface area contributed by atoms with Crippen LogP contribution in [0.25, 0.3) is 22.6 Å². The summed E-state index contributed by atoms with van der Waals surface area (Å²) in [5.74, 6) is 0.0954. The Labute approximate surface area is 174 Å². The number of amides is 1. The van der Waals surface area contributed by atoms with E-state index in [4.69, 9.17) is 0 Å². The van der Waals surface area contributed by atoms with Crippen LogP contribution in [0.15, 0.2) is 21.7 Å². The van der Waals surface area contributed by atoms with Gasteiger partial charge in [0.15, 0.2) is 11.5 Å². The van der Waals surface area contributed by atoms with Crippen LogP contribution >= 0.6 is 0 Å². The molecule has 0 fully saturated rings. The third kappa shape index (κ3) is 4.40. The number of hydrogen-bond acceptors (Lipinski definition) is 5. The fraction of sp³-hybridized carbons (Fsp3) is 0.476. The SMILES string of the molecule is CC(=O)NCCn1c2nc(=O)n(CC[N+](C)(C)C)c(=O)c-2nc2cc(C)c(C)cc21. The van der Waals surface area contributed by atoms with Crippen LogP contribution in [0.3, 0.4) is 0 Å². The van der Waals surface area contributed by atoms with Crippen molar-refractivity contribution in [2.75, 3.05) is 34.2 Å². The van der Waals surface area contributed by atoms with Crippen molar-refractivity contribution < 1.29 is 9.28 Å². The van der Waals surface area contributed by atoms with E-state index in [0.29, 0.717) is 29.6 Å². The summed E-state index contributed by atoms with van der Waals surface area (Å²) in [6.45, 7) is 7.02. The smallest absolute Gasteiger partial charge is 0.352 e. The second-order valence-corrected chi connectivity index (χ2v) is 8.71. The molecule has 1 aromatic rings. The Morgan fingerprint density at radius 1 is 1.03 bits per heavy atom. The van der Waals surface area contributed by atoms with E-state index >= 15 is 0 Å². The monoisotopic (exact) mass is 413 g/mol. The van der Waals surface area contributed by atoms with E-state index < -0.39 is 11.2 Å². The molecule has 30 heavy (non-hydrogen) atoms. The quantitative estimate of drug-likeness (QED) is 0.469. The van der Waals surface area contributed by atoms with Gasteiger partial charge in [0.25, 0.3) is 5.56 Å². The molecule has 0 saturated heterocycles. The largest absolute Gasteiger partial charge is 0.355 e. The van der Waals surface area contributed by atoms with Crippen molar-refractivity contribution in [3.63, 3.8) is 0 Å². The first-order valence-electron chi connectivity index (χ1n) is 9.95. The number of nitrogens with zero attached hydrogens (tertiary/aromatic N) is 5. The first kappa shape index (κ1) is 21.6. The Balaban J connectivity index is 2.25. The second kappa shape index (κ2) is 7.98. The number of aryl methyl sites for hydroxylation is 2. The van der Waals surface area contributed by atoms with E-state index in [-0.39, 0.29) is 24.0 Å². The Morgan fingerprint density at radius 3 is 2.33 bits per heavy atom. The van der Waals surface area contributed by atoms with Gasteiger partial charge in [-0.15, -0.1) is 0 Å². The van der Waals surface area contributed by atoms with Crippen molar-refractivity contribution in [2.24, 2.45) is 0 Å². The predicted octanol–water partition coefficient (Wildman–Crippen LogP) is 0.517. The highest BCUT2D eigenvalue weighted by Crippen LogP contribution is 2.23. The number of quaternary nitrogens is 1. The van der Waals surface area contributed by atoms with Gasteiger partial charge in [-0.3, -0.25) is 14.2 Å². The third-order valence-electron chi connectivity index (χ3n) is 5.17. The molecule has 0 atom stereocenters. The van der Waals surface area contributed by atoms with Crippen LogP contribution in [0.1, 0.15) is 18.1 Å². The highest BCUT2D eigenvalue weighted by atomic mass is 16.2. The molecule has 2 heterocycles. The van der Waals surface area contributed by atoms with Crippen molar-refractivity contribution in [1.82, 2.24) is 24.4 Å². The van der Waals surface area contributed by atoms with Crippen LogP contribution in [0.5, 0.6) is 0 Å². The van der Waals surface area contributed by atoms with Crippen LogP contribution in [0, 0.1) is 13.8 Å². The molecule has 9 heteroatoms. The summed E-state index contributed by atoms with van der Waals surface area (Å²) < 4.78 is 3.57. The number of likely N-dealkylation sites (N-methyl/N-ethyl adjacent to an activating group) is 1. The average Bonchev–Trinajstić information content (AvgIpc) is 2.62. The van der Waals surface area contributed by atoms with E-state index in [1.165, 1.54) is 6.92 Å². The lowest BCUT2D eigenvalue weighted by Gasteiger charge is -2.24. The lowest BCUT2D eigenvalue weighted by atomic mass is 10.1. The molecule has 0 bridgehead atoms. The van der Waals surface area contributed by atoms with E-state index in [0.717, 1.165) is 21.2 Å². The lowest BCUT2D eigenvalue weighted by molar-refractivity contribution is -0.871. The minimum atomic E-state index is -0.584. The summed E-state index contributed by atoms with van der Waals surface area (Å²) in [6, 6.07) is 3.90. The Kier molecular flexibility index (Phi) is 5.76. The molecule has 0 saturated carbocycles. The summed E-state index contributed by atoms with van der Waals surface area (Å²) in [6.07, 6.45) is 0. The van der Waals surface area contributed by atoms with Gasteiger partial charge >= 0.3 is 5.69 Å². The zero-order valence-corrected chi connectivity index (χ0v) is 18.4. The van der Waals surface area contributed by atoms with Gasteiger partial charge in [0, 0.05) is 20.0 Å². The zero-order chi connectivity index (χ0) is 22.2. The number of aromatic nitrogens is 4. The maximum atomic E-state index is 13.2. The van der Waals surface area contributed by atoms with Gasteiger partial charge in [-0.1, -0.05) is 0 Å². The summed E-state index contributed by atoms with van der Waals surface area (Å²) in [7, 11) is 5.99. The number of carbonyl (C=O) groups is 1. The molecule has 0 aliphatic carbocycles. The van der Waals surface area contributed by atoms with Crippen molar-refractivity contribution in [3.8, 4) is 11.5 Å². The first-order valence-corrected chi connectivity index (χ1v) is 9.95. The van der Waals surface area contributed by atoms with Gasteiger partial charge in [-0.05, 0) is 37.1 Å². The van der Waals surface area contributed by atoms with Gasteiger partial charge in [0.05, 0.1) is 45.3 Å². The number of nitrogens with one attached hydrogen (secondary N) is 1. The molecule has 2 aliphatic heterocycles. The third-order valence-corrected chi connectivity index (χ3v) is 5.17. The lowest BCUT2D eigenvalue weighted by Crippen LogP contribution is -2.44. The van der Waals surface area contributed by atoms with Gasteiger partial charge in [0.2, 0.25) is 5.91 Å². The average molecular weight is 414 g/mol. The molecule has 0 spiro atoms. The fourth-order valence-corrected chi connectivity index (χ4v) is 3.29. The van der Waals surface area contributed by atoms with E-state index in [1.807, 2.05) is 47.1 Å². The highest BCUT2D eigenvalue weighted by Gasteiger charge is 2.22. The predicted molar refractivity (Wildman–Crippen MR) is 116 cm³/mol. The summed E-state index contributed by atoms with van der Waals surface area (Å²) in [5, 5.41) is 2.76. The van der Waals surface area contributed by atoms with Gasteiger partial charge in [-0.25, -0.2) is 9.78 Å². The number of fused-ring (bicyclic) bond motifs is 2. The Morgan fingerprint density at radius 2 is 1.70 bits per heavy atom. The molecule has 160 valence electrons. The maximum absolute atomic E-state index is 13.2. The molecule has 2 aliphatic rings. The highest BCUT2D eigenvalue weighted by molar-refractivity contribution is 5.81. The van der Waals surface area contributed by atoms with Crippen molar-refractivity contribution in [1.29, 1.82) is 0 Å². The topological polar surface area (TPSA) is 98.9 Å². The molecule has 0 radical (unpaired) electrons. The molecule has 1 N–H and O–H groups in total. The summed E-state index contributed by atoms with van der Waals surface area (Å²) in [5.41, 5.74) is 2.69. The zero-order valence-electron chi connectivity index (χ0n) is 18.4. The standard InChI is InChI=1S/C21H28N6O3/c1-13-11-16-17(12-14(13)2)25(8-7-22-15(3)28)19-18(23-16)20(29)26(21(30)24-19)9-10-27(4,5)6/h11-12H,7-10H2,1-6H3/p+1. The number of rotatable bonds is 6. The molecule has 0 unspecified atom stereocenters. The van der Waals surface area contributed by atoms with E-state index in [9.17, 15) is 14.4 Å². The molecular formula is C21H29N6O3+. The molecule has 1 amide bonds. The minimum Gasteiger partial charge on any atom is -0.355 e. The normalized spacial score (nSPS) is 11.9. The number of hydrogen-bond donors (Lipinski definition) is 1. The van der Waals surface area contributed by atoms with Crippen LogP contribution in [-0.4, -0.2) is 63.7 Å². The Hall–Kier alpha value is -3.07. The number of carbonyl (C=O) groups excluding carboxylic acids is 1. The fourth-order valence-electron chi connectivity index (χ4n) is 3.29. The molecule has 0 aromatic heterocycles. The first-order chi connectivity index (χ1) is 14.0. The van der Waals surface area contributed by atoms with Crippen molar-refractivity contribution in [2.45, 2.75) is 33.9 Å². The van der Waals surface area contributed by atoms with Crippen molar-refractivity contribution >= 4 is 16.9 Å². The molecular weight excluding hydrogens is 384 g/mol.